The summed E-state index contributed by atoms with van der Waals surface area (Å²) in [7, 11) is 0. The molecule has 1 unspecified atom stereocenters. The van der Waals surface area contributed by atoms with Crippen LogP contribution in [0.3, 0.4) is 0 Å². The highest BCUT2D eigenvalue weighted by molar-refractivity contribution is 7.22. The molecule has 0 aliphatic carbocycles. The average Bonchev–Trinajstić information content (AvgIpc) is 2.96. The Morgan fingerprint density at radius 1 is 1.17 bits per heavy atom. The lowest BCUT2D eigenvalue weighted by molar-refractivity contribution is 0.0975. The summed E-state index contributed by atoms with van der Waals surface area (Å²) in [4.78, 5) is 17.2. The van der Waals surface area contributed by atoms with Crippen molar-refractivity contribution in [2.24, 2.45) is 0 Å². The van der Waals surface area contributed by atoms with E-state index in [2.05, 4.69) is 10.3 Å². The van der Waals surface area contributed by atoms with Crippen molar-refractivity contribution in [2.75, 3.05) is 5.32 Å². The van der Waals surface area contributed by atoms with Gasteiger partial charge in [-0.3, -0.25) is 4.79 Å². The molecule has 0 spiro atoms. The van der Waals surface area contributed by atoms with E-state index in [1.807, 2.05) is 58.0 Å². The third-order valence-electron chi connectivity index (χ3n) is 4.27. The second-order valence-electron chi connectivity index (χ2n) is 6.07. The fourth-order valence-corrected chi connectivity index (χ4v) is 3.72. The molecule has 0 aliphatic rings. The summed E-state index contributed by atoms with van der Waals surface area (Å²) in [6.07, 6.45) is 0. The second-order valence-corrected chi connectivity index (χ2v) is 7.51. The van der Waals surface area contributed by atoms with Crippen molar-refractivity contribution < 1.29 is 4.79 Å². The SMILES string of the molecule is Cc1ccc(C(=O)C(C)Nc2nc3c(C)c(Cl)ccc3s2)cc1C. The number of Topliss-reactive ketones (excluding diaryl/α,β-unsaturated/α-hetero) is 1. The predicted molar refractivity (Wildman–Crippen MR) is 103 cm³/mol. The Labute approximate surface area is 150 Å². The smallest absolute Gasteiger partial charge is 0.184 e. The van der Waals surface area contributed by atoms with Crippen LogP contribution in [0, 0.1) is 20.8 Å². The van der Waals surface area contributed by atoms with Gasteiger partial charge >= 0.3 is 0 Å². The minimum atomic E-state index is -0.344. The minimum Gasteiger partial charge on any atom is -0.352 e. The fraction of sp³-hybridized carbons (Fsp3) is 0.263. The zero-order valence-electron chi connectivity index (χ0n) is 14.1. The van der Waals surface area contributed by atoms with Crippen molar-refractivity contribution >= 4 is 44.1 Å². The largest absolute Gasteiger partial charge is 0.352 e. The van der Waals surface area contributed by atoms with Gasteiger partial charge in [-0.25, -0.2) is 4.98 Å². The van der Waals surface area contributed by atoms with E-state index in [0.29, 0.717) is 5.02 Å². The molecular weight excluding hydrogens is 340 g/mol. The molecule has 3 nitrogen and oxygen atoms in total. The maximum Gasteiger partial charge on any atom is 0.184 e. The topological polar surface area (TPSA) is 42.0 Å². The molecule has 0 saturated heterocycles. The number of rotatable bonds is 4. The molecule has 0 aliphatic heterocycles. The van der Waals surface area contributed by atoms with Crippen LogP contribution in [-0.4, -0.2) is 16.8 Å². The third-order valence-corrected chi connectivity index (χ3v) is 5.63. The molecule has 5 heteroatoms. The zero-order valence-corrected chi connectivity index (χ0v) is 15.7. The number of fused-ring (bicyclic) bond motifs is 1. The van der Waals surface area contributed by atoms with Crippen LogP contribution in [0.25, 0.3) is 10.2 Å². The van der Waals surface area contributed by atoms with Crippen molar-refractivity contribution in [3.8, 4) is 0 Å². The number of hydrogen-bond donors (Lipinski definition) is 1. The number of benzene rings is 2. The number of nitrogens with one attached hydrogen (secondary N) is 1. The number of anilines is 1. The second kappa shape index (κ2) is 6.54. The van der Waals surface area contributed by atoms with Crippen LogP contribution < -0.4 is 5.32 Å². The summed E-state index contributed by atoms with van der Waals surface area (Å²) < 4.78 is 1.06. The van der Waals surface area contributed by atoms with Gasteiger partial charge in [-0.1, -0.05) is 35.1 Å². The number of halogens is 1. The molecule has 3 rings (SSSR count). The number of nitrogens with zero attached hydrogens (tertiary/aromatic N) is 1. The van der Waals surface area contributed by atoms with Gasteiger partial charge in [-0.15, -0.1) is 0 Å². The van der Waals surface area contributed by atoms with Gasteiger partial charge in [0, 0.05) is 10.6 Å². The first kappa shape index (κ1) is 16.9. The standard InChI is InChI=1S/C19H19ClN2OS/c1-10-5-6-14(9-11(10)2)18(23)13(4)21-19-22-17-12(3)15(20)7-8-16(17)24-19/h5-9,13H,1-4H3,(H,21,22). The predicted octanol–water partition coefficient (Wildman–Crippen LogP) is 5.56. The van der Waals surface area contributed by atoms with Gasteiger partial charge in [0.05, 0.1) is 16.3 Å². The highest BCUT2D eigenvalue weighted by Gasteiger charge is 2.18. The van der Waals surface area contributed by atoms with E-state index in [1.165, 1.54) is 16.9 Å². The van der Waals surface area contributed by atoms with E-state index in [0.717, 1.165) is 32.0 Å². The van der Waals surface area contributed by atoms with Gasteiger partial charge in [0.2, 0.25) is 0 Å². The Bertz CT molecular complexity index is 933. The maximum absolute atomic E-state index is 12.6. The normalized spacial score (nSPS) is 12.4. The van der Waals surface area contributed by atoms with Crippen molar-refractivity contribution in [2.45, 2.75) is 33.7 Å². The summed E-state index contributed by atoms with van der Waals surface area (Å²) in [5.74, 6) is 0.0621. The van der Waals surface area contributed by atoms with Crippen molar-refractivity contribution in [1.29, 1.82) is 0 Å². The first-order valence-corrected chi connectivity index (χ1v) is 9.00. The summed E-state index contributed by atoms with van der Waals surface area (Å²) >= 11 is 7.68. The molecule has 2 aromatic carbocycles. The molecule has 1 aromatic heterocycles. The van der Waals surface area contributed by atoms with Gasteiger partial charge in [0.25, 0.3) is 0 Å². The van der Waals surface area contributed by atoms with Crippen molar-refractivity contribution in [3.05, 3.63) is 57.6 Å². The van der Waals surface area contributed by atoms with Gasteiger partial charge in [-0.05, 0) is 62.6 Å². The first-order valence-electron chi connectivity index (χ1n) is 7.80. The highest BCUT2D eigenvalue weighted by atomic mass is 35.5. The van der Waals surface area contributed by atoms with Crippen LogP contribution in [0.1, 0.15) is 34.0 Å². The molecule has 0 fully saturated rings. The molecule has 24 heavy (non-hydrogen) atoms. The Morgan fingerprint density at radius 2 is 1.92 bits per heavy atom. The van der Waals surface area contributed by atoms with Gasteiger partial charge in [0.15, 0.2) is 10.9 Å². The zero-order chi connectivity index (χ0) is 17.4. The van der Waals surface area contributed by atoms with Gasteiger partial charge in [0.1, 0.15) is 0 Å². The van der Waals surface area contributed by atoms with E-state index < -0.39 is 0 Å². The van der Waals surface area contributed by atoms with E-state index in [4.69, 9.17) is 11.6 Å². The average molecular weight is 359 g/mol. The Morgan fingerprint density at radius 3 is 2.62 bits per heavy atom. The quantitative estimate of drug-likeness (QED) is 0.621. The van der Waals surface area contributed by atoms with Crippen molar-refractivity contribution in [1.82, 2.24) is 4.98 Å². The number of aryl methyl sites for hydroxylation is 3. The highest BCUT2D eigenvalue weighted by Crippen LogP contribution is 2.32. The van der Waals surface area contributed by atoms with Gasteiger partial charge < -0.3 is 5.32 Å². The monoisotopic (exact) mass is 358 g/mol. The van der Waals surface area contributed by atoms with Crippen LogP contribution in [0.2, 0.25) is 5.02 Å². The molecule has 3 aromatic rings. The maximum atomic E-state index is 12.6. The van der Waals surface area contributed by atoms with Crippen LogP contribution >= 0.6 is 22.9 Å². The van der Waals surface area contributed by atoms with Crippen molar-refractivity contribution in [3.63, 3.8) is 0 Å². The molecule has 0 bridgehead atoms. The molecule has 0 radical (unpaired) electrons. The van der Waals surface area contributed by atoms with E-state index in [-0.39, 0.29) is 11.8 Å². The number of carbonyl (C=O) groups is 1. The number of carbonyl (C=O) groups excluding carboxylic acids is 1. The van der Waals surface area contributed by atoms with Crippen LogP contribution in [-0.2, 0) is 0 Å². The summed E-state index contributed by atoms with van der Waals surface area (Å²) in [5.41, 5.74) is 4.88. The number of hydrogen-bond acceptors (Lipinski definition) is 4. The van der Waals surface area contributed by atoms with Gasteiger partial charge in [-0.2, -0.15) is 0 Å². The molecule has 0 saturated carbocycles. The lowest BCUT2D eigenvalue weighted by atomic mass is 10.0. The molecule has 1 N–H and O–H groups in total. The number of thiazole rings is 1. The van der Waals surface area contributed by atoms with Crippen LogP contribution in [0.5, 0.6) is 0 Å². The Kier molecular flexibility index (Phi) is 4.61. The Hall–Kier alpha value is -1.91. The summed E-state index contributed by atoms with van der Waals surface area (Å²) in [6.45, 7) is 7.88. The lowest BCUT2D eigenvalue weighted by Crippen LogP contribution is -2.26. The van der Waals surface area contributed by atoms with E-state index in [9.17, 15) is 4.79 Å². The molecular formula is C19H19ClN2OS. The summed E-state index contributed by atoms with van der Waals surface area (Å²) in [5, 5.41) is 4.67. The molecule has 1 atom stereocenters. The minimum absolute atomic E-state index is 0.0621. The molecule has 1 heterocycles. The first-order chi connectivity index (χ1) is 11.4. The fourth-order valence-electron chi connectivity index (χ4n) is 2.56. The number of ketones is 1. The Balaban J connectivity index is 1.83. The van der Waals surface area contributed by atoms with Crippen LogP contribution in [0.4, 0.5) is 5.13 Å². The van der Waals surface area contributed by atoms with Crippen LogP contribution in [0.15, 0.2) is 30.3 Å². The molecule has 124 valence electrons. The van der Waals surface area contributed by atoms with E-state index in [1.54, 1.807) is 0 Å². The lowest BCUT2D eigenvalue weighted by Gasteiger charge is -2.12. The number of aromatic nitrogens is 1. The molecule has 0 amide bonds. The van der Waals surface area contributed by atoms with E-state index >= 15 is 0 Å². The summed E-state index contributed by atoms with van der Waals surface area (Å²) in [6, 6.07) is 9.30. The third kappa shape index (κ3) is 3.17.